The summed E-state index contributed by atoms with van der Waals surface area (Å²) in [4.78, 5) is 15.8. The fourth-order valence-corrected chi connectivity index (χ4v) is 4.96. The molecule has 3 aromatic carbocycles. The normalized spacial score (nSPS) is 12.9. The van der Waals surface area contributed by atoms with E-state index in [9.17, 15) is 18.7 Å². The summed E-state index contributed by atoms with van der Waals surface area (Å²) in [7, 11) is 1.62. The number of carboxylic acid groups (broad SMARTS) is 1. The van der Waals surface area contributed by atoms with Crippen LogP contribution in [-0.2, 0) is 16.7 Å². The van der Waals surface area contributed by atoms with Crippen LogP contribution in [0.5, 0.6) is 0 Å². The van der Waals surface area contributed by atoms with E-state index in [4.69, 9.17) is 4.74 Å². The second-order valence-electron chi connectivity index (χ2n) is 9.39. The van der Waals surface area contributed by atoms with Gasteiger partial charge in [0.15, 0.2) is 0 Å². The van der Waals surface area contributed by atoms with Gasteiger partial charge in [-0.1, -0.05) is 19.9 Å². The van der Waals surface area contributed by atoms with Crippen LogP contribution >= 0.6 is 0 Å². The monoisotopic (exact) mass is 474 g/mol. The van der Waals surface area contributed by atoms with Crippen LogP contribution in [0.15, 0.2) is 59.6 Å². The molecule has 4 aromatic rings. The van der Waals surface area contributed by atoms with Crippen molar-refractivity contribution in [3.8, 4) is 16.8 Å². The number of aromatic carboxylic acids is 1. The Kier molecular flexibility index (Phi) is 5.52. The molecule has 0 saturated heterocycles. The molecule has 1 aromatic heterocycles. The third-order valence-corrected chi connectivity index (χ3v) is 6.44. The van der Waals surface area contributed by atoms with Crippen molar-refractivity contribution in [1.29, 1.82) is 0 Å². The Morgan fingerprint density at radius 2 is 1.86 bits per heavy atom. The summed E-state index contributed by atoms with van der Waals surface area (Å²) in [6.07, 6.45) is 1.83. The highest BCUT2D eigenvalue weighted by molar-refractivity contribution is 6.04. The SMILES string of the molecule is COCC(C)(C)c1c(-c2ccc(C(=O)O)c(F)c2)c2cc3c(cc2n1-c1ccc(F)cc1)C=NC3. The van der Waals surface area contributed by atoms with E-state index in [1.54, 1.807) is 25.3 Å². The maximum absolute atomic E-state index is 14.9. The molecule has 0 fully saturated rings. The van der Waals surface area contributed by atoms with Gasteiger partial charge in [0.05, 0.1) is 24.2 Å². The number of halogens is 2. The van der Waals surface area contributed by atoms with Crippen molar-refractivity contribution in [1.82, 2.24) is 4.57 Å². The van der Waals surface area contributed by atoms with Gasteiger partial charge < -0.3 is 14.4 Å². The second kappa shape index (κ2) is 8.43. The predicted octanol–water partition coefficient (Wildman–Crippen LogP) is 6.13. The molecular weight excluding hydrogens is 450 g/mol. The number of aromatic nitrogens is 1. The molecule has 0 aliphatic carbocycles. The molecule has 1 aliphatic rings. The van der Waals surface area contributed by atoms with Gasteiger partial charge in [-0.2, -0.15) is 0 Å². The van der Waals surface area contributed by atoms with Gasteiger partial charge >= 0.3 is 5.97 Å². The van der Waals surface area contributed by atoms with E-state index in [1.807, 2.05) is 26.1 Å². The molecule has 0 radical (unpaired) electrons. The number of ether oxygens (including phenoxy) is 1. The molecule has 0 saturated carbocycles. The molecule has 35 heavy (non-hydrogen) atoms. The lowest BCUT2D eigenvalue weighted by Crippen LogP contribution is -2.27. The zero-order chi connectivity index (χ0) is 24.9. The lowest BCUT2D eigenvalue weighted by Gasteiger charge is -2.28. The van der Waals surface area contributed by atoms with Crippen LogP contribution in [0.25, 0.3) is 27.7 Å². The molecule has 5 nitrogen and oxygen atoms in total. The van der Waals surface area contributed by atoms with E-state index in [1.165, 1.54) is 24.3 Å². The summed E-state index contributed by atoms with van der Waals surface area (Å²) in [6, 6.07) is 14.5. The topological polar surface area (TPSA) is 63.8 Å². The number of rotatable bonds is 6. The average molecular weight is 475 g/mol. The molecule has 178 valence electrons. The minimum atomic E-state index is -1.32. The molecule has 0 bridgehead atoms. The first-order valence-corrected chi connectivity index (χ1v) is 11.2. The Balaban J connectivity index is 1.93. The first kappa shape index (κ1) is 22.9. The van der Waals surface area contributed by atoms with E-state index >= 15 is 0 Å². The predicted molar refractivity (Wildman–Crippen MR) is 132 cm³/mol. The van der Waals surface area contributed by atoms with Gasteiger partial charge in [0.2, 0.25) is 0 Å². The van der Waals surface area contributed by atoms with Crippen molar-refractivity contribution in [2.24, 2.45) is 4.99 Å². The summed E-state index contributed by atoms with van der Waals surface area (Å²) in [5.41, 5.74) is 4.90. The highest BCUT2D eigenvalue weighted by Gasteiger charge is 2.33. The van der Waals surface area contributed by atoms with E-state index in [2.05, 4.69) is 15.6 Å². The largest absolute Gasteiger partial charge is 0.478 e. The Bertz CT molecular complexity index is 1500. The Morgan fingerprint density at radius 3 is 2.51 bits per heavy atom. The number of fused-ring (bicyclic) bond motifs is 2. The highest BCUT2D eigenvalue weighted by Crippen LogP contribution is 2.44. The first-order valence-electron chi connectivity index (χ1n) is 11.2. The minimum absolute atomic E-state index is 0.345. The number of hydrogen-bond donors (Lipinski definition) is 1. The van der Waals surface area contributed by atoms with E-state index in [-0.39, 0.29) is 11.4 Å². The number of benzene rings is 3. The quantitative estimate of drug-likeness (QED) is 0.366. The first-order chi connectivity index (χ1) is 16.7. The van der Waals surface area contributed by atoms with Gasteiger partial charge in [0, 0.05) is 41.1 Å². The van der Waals surface area contributed by atoms with Gasteiger partial charge in [-0.05, 0) is 65.2 Å². The van der Waals surface area contributed by atoms with Gasteiger partial charge in [-0.25, -0.2) is 13.6 Å². The van der Waals surface area contributed by atoms with Crippen molar-refractivity contribution in [2.75, 3.05) is 13.7 Å². The fourth-order valence-electron chi connectivity index (χ4n) is 4.96. The minimum Gasteiger partial charge on any atom is -0.478 e. The molecule has 1 aliphatic heterocycles. The molecule has 0 unspecified atom stereocenters. The number of aliphatic imine (C=N–C) groups is 1. The average Bonchev–Trinajstić information content (AvgIpc) is 3.40. The second-order valence-corrected chi connectivity index (χ2v) is 9.39. The van der Waals surface area contributed by atoms with Crippen molar-refractivity contribution in [3.05, 3.63) is 88.6 Å². The van der Waals surface area contributed by atoms with Crippen molar-refractivity contribution >= 4 is 23.1 Å². The molecular formula is C28H24F2N2O3. The van der Waals surface area contributed by atoms with Gasteiger partial charge in [-0.3, -0.25) is 4.99 Å². The maximum Gasteiger partial charge on any atom is 0.338 e. The molecule has 0 spiro atoms. The summed E-state index contributed by atoms with van der Waals surface area (Å²) >= 11 is 0. The van der Waals surface area contributed by atoms with Crippen LogP contribution in [0, 0.1) is 11.6 Å². The molecule has 0 amide bonds. The van der Waals surface area contributed by atoms with Gasteiger partial charge in [0.25, 0.3) is 0 Å². The van der Waals surface area contributed by atoms with Gasteiger partial charge in [0.1, 0.15) is 11.6 Å². The summed E-state index contributed by atoms with van der Waals surface area (Å²) in [6.45, 7) is 4.99. The van der Waals surface area contributed by atoms with E-state index in [0.29, 0.717) is 18.7 Å². The number of nitrogens with zero attached hydrogens (tertiary/aromatic N) is 2. The lowest BCUT2D eigenvalue weighted by molar-refractivity contribution is 0.0692. The number of methoxy groups -OCH3 is 1. The number of carboxylic acids is 1. The van der Waals surface area contributed by atoms with Crippen LogP contribution in [0.1, 0.15) is 41.0 Å². The van der Waals surface area contributed by atoms with E-state index in [0.717, 1.165) is 39.0 Å². The molecule has 0 atom stereocenters. The summed E-state index contributed by atoms with van der Waals surface area (Å²) in [5.74, 6) is -2.47. The fraction of sp³-hybridized carbons (Fsp3) is 0.214. The lowest BCUT2D eigenvalue weighted by atomic mass is 9.84. The van der Waals surface area contributed by atoms with Crippen molar-refractivity contribution in [3.63, 3.8) is 0 Å². The van der Waals surface area contributed by atoms with Crippen molar-refractivity contribution in [2.45, 2.75) is 25.8 Å². The van der Waals surface area contributed by atoms with Crippen LogP contribution in [-0.4, -0.2) is 35.6 Å². The molecule has 2 heterocycles. The summed E-state index contributed by atoms with van der Waals surface area (Å²) in [5, 5.41) is 10.2. The van der Waals surface area contributed by atoms with Crippen LogP contribution in [0.2, 0.25) is 0 Å². The van der Waals surface area contributed by atoms with Gasteiger partial charge in [-0.15, -0.1) is 0 Å². The highest BCUT2D eigenvalue weighted by atomic mass is 19.1. The molecule has 7 heteroatoms. The third-order valence-electron chi connectivity index (χ3n) is 6.44. The maximum atomic E-state index is 14.9. The Hall–Kier alpha value is -3.84. The molecule has 5 rings (SSSR count). The van der Waals surface area contributed by atoms with Crippen molar-refractivity contribution < 1.29 is 23.4 Å². The van der Waals surface area contributed by atoms with Crippen LogP contribution < -0.4 is 0 Å². The Morgan fingerprint density at radius 1 is 1.11 bits per heavy atom. The standard InChI is InChI=1S/C28H24F2N2O3/c1-28(2,15-35-3)26-25(16-4-9-21(27(33)34)23(30)11-16)22-10-17-13-31-14-18(17)12-24(22)32(26)20-7-5-19(29)6-8-20/h4-12,14H,13,15H2,1-3H3,(H,33,34). The van der Waals surface area contributed by atoms with E-state index < -0.39 is 17.2 Å². The number of carbonyl (C=O) groups is 1. The van der Waals surface area contributed by atoms with Crippen LogP contribution in [0.3, 0.4) is 0 Å². The smallest absolute Gasteiger partial charge is 0.338 e. The third kappa shape index (κ3) is 3.82. The Labute approximate surface area is 201 Å². The molecule has 1 N–H and O–H groups in total. The zero-order valence-corrected chi connectivity index (χ0v) is 19.6. The zero-order valence-electron chi connectivity index (χ0n) is 19.6. The summed E-state index contributed by atoms with van der Waals surface area (Å²) < 4.78 is 36.3. The van der Waals surface area contributed by atoms with Crippen LogP contribution in [0.4, 0.5) is 8.78 Å². The number of hydrogen-bond acceptors (Lipinski definition) is 3.